The number of nitrogens with one attached hydrogen (secondary N) is 1. The zero-order valence-electron chi connectivity index (χ0n) is 17.2. The van der Waals surface area contributed by atoms with Crippen molar-refractivity contribution < 1.29 is 19.0 Å². The van der Waals surface area contributed by atoms with E-state index in [1.807, 2.05) is 13.0 Å². The van der Waals surface area contributed by atoms with E-state index in [0.717, 1.165) is 10.6 Å². The monoisotopic (exact) mass is 440 g/mol. The van der Waals surface area contributed by atoms with Gasteiger partial charge in [0.1, 0.15) is 12.3 Å². The molecule has 4 aromatic rings. The number of aromatic nitrogens is 5. The van der Waals surface area contributed by atoms with Crippen molar-refractivity contribution in [1.29, 1.82) is 0 Å². The highest BCUT2D eigenvalue weighted by Crippen LogP contribution is 2.31. The van der Waals surface area contributed by atoms with Crippen LogP contribution in [0.5, 0.6) is 17.4 Å². The van der Waals surface area contributed by atoms with Crippen molar-refractivity contribution in [1.82, 2.24) is 30.1 Å². The van der Waals surface area contributed by atoms with Crippen LogP contribution in [-0.4, -0.2) is 58.1 Å². The number of carbonyl (C=O) groups excluding carboxylic acids is 1. The Morgan fingerprint density at radius 1 is 1.13 bits per heavy atom. The first-order chi connectivity index (χ1) is 15.1. The predicted octanol–water partition coefficient (Wildman–Crippen LogP) is 2.38. The number of benzene rings is 1. The summed E-state index contributed by atoms with van der Waals surface area (Å²) in [6.07, 6.45) is 0. The van der Waals surface area contributed by atoms with Gasteiger partial charge in [0.25, 0.3) is 5.91 Å². The first-order valence-electron chi connectivity index (χ1n) is 9.37. The summed E-state index contributed by atoms with van der Waals surface area (Å²) in [5.74, 6) is 1.88. The van der Waals surface area contributed by atoms with Gasteiger partial charge < -0.3 is 19.5 Å². The van der Waals surface area contributed by atoms with Gasteiger partial charge in [0.2, 0.25) is 5.88 Å². The molecule has 1 N–H and O–H groups in total. The molecule has 3 aromatic heterocycles. The number of methoxy groups -OCH3 is 2. The van der Waals surface area contributed by atoms with Crippen LogP contribution in [0.15, 0.2) is 35.7 Å². The van der Waals surface area contributed by atoms with Gasteiger partial charge in [0.15, 0.2) is 23.0 Å². The Bertz CT molecular complexity index is 1220. The van der Waals surface area contributed by atoms with Gasteiger partial charge in [-0.25, -0.2) is 4.98 Å². The van der Waals surface area contributed by atoms with Crippen molar-refractivity contribution in [2.75, 3.05) is 27.4 Å². The van der Waals surface area contributed by atoms with Crippen LogP contribution >= 0.6 is 11.3 Å². The maximum atomic E-state index is 12.0. The summed E-state index contributed by atoms with van der Waals surface area (Å²) >= 11 is 1.43. The first kappa shape index (κ1) is 20.5. The number of hydrogen-bond donors (Lipinski definition) is 1. The molecule has 0 atom stereocenters. The zero-order chi connectivity index (χ0) is 21.8. The molecule has 0 fully saturated rings. The van der Waals surface area contributed by atoms with E-state index < -0.39 is 0 Å². The number of fused-ring (bicyclic) bond motifs is 1. The molecule has 3 heterocycles. The van der Waals surface area contributed by atoms with Crippen LogP contribution in [-0.2, 0) is 0 Å². The molecule has 1 amide bonds. The number of nitrogens with zero attached hydrogens (tertiary/aromatic N) is 5. The molecule has 31 heavy (non-hydrogen) atoms. The second-order valence-electron chi connectivity index (χ2n) is 6.39. The lowest BCUT2D eigenvalue weighted by molar-refractivity contribution is 0.0942. The van der Waals surface area contributed by atoms with Gasteiger partial charge in [0, 0.05) is 17.0 Å². The van der Waals surface area contributed by atoms with E-state index in [4.69, 9.17) is 14.2 Å². The molecular formula is C20H20N6O4S. The number of thiazole rings is 1. The lowest BCUT2D eigenvalue weighted by Gasteiger charge is -2.09. The van der Waals surface area contributed by atoms with Gasteiger partial charge in [-0.05, 0) is 31.2 Å². The molecule has 0 saturated carbocycles. The summed E-state index contributed by atoms with van der Waals surface area (Å²) < 4.78 is 17.9. The molecule has 11 heteroatoms. The molecule has 0 radical (unpaired) electrons. The molecule has 0 spiro atoms. The lowest BCUT2D eigenvalue weighted by Crippen LogP contribution is -2.28. The largest absolute Gasteiger partial charge is 0.493 e. The van der Waals surface area contributed by atoms with E-state index in [1.165, 1.54) is 11.3 Å². The molecule has 0 aliphatic rings. The summed E-state index contributed by atoms with van der Waals surface area (Å²) in [5.41, 5.74) is 1.75. The van der Waals surface area contributed by atoms with Crippen LogP contribution in [0, 0.1) is 6.92 Å². The molecular weight excluding hydrogens is 420 g/mol. The third-order valence-corrected chi connectivity index (χ3v) is 5.14. The van der Waals surface area contributed by atoms with Crippen molar-refractivity contribution in [2.45, 2.75) is 6.92 Å². The van der Waals surface area contributed by atoms with Gasteiger partial charge in [-0.1, -0.05) is 0 Å². The van der Waals surface area contributed by atoms with Crippen molar-refractivity contribution >= 4 is 22.9 Å². The number of ether oxygens (including phenoxy) is 3. The van der Waals surface area contributed by atoms with Crippen LogP contribution in [0.2, 0.25) is 0 Å². The topological polar surface area (TPSA) is 113 Å². The van der Waals surface area contributed by atoms with Gasteiger partial charge in [-0.3, -0.25) is 4.79 Å². The maximum absolute atomic E-state index is 12.0. The summed E-state index contributed by atoms with van der Waals surface area (Å²) in [4.78, 5) is 16.2. The number of carbonyl (C=O) groups is 1. The Hall–Kier alpha value is -3.73. The van der Waals surface area contributed by atoms with Crippen LogP contribution < -0.4 is 19.5 Å². The maximum Gasteiger partial charge on any atom is 0.270 e. The summed E-state index contributed by atoms with van der Waals surface area (Å²) in [5, 5.41) is 18.2. The Kier molecular flexibility index (Phi) is 5.94. The minimum atomic E-state index is -0.231. The van der Waals surface area contributed by atoms with E-state index in [1.54, 1.807) is 48.4 Å². The molecule has 0 unspecified atom stereocenters. The summed E-state index contributed by atoms with van der Waals surface area (Å²) in [6.45, 7) is 2.43. The Balaban J connectivity index is 1.45. The van der Waals surface area contributed by atoms with E-state index in [2.05, 4.69) is 25.6 Å². The summed E-state index contributed by atoms with van der Waals surface area (Å²) in [7, 11) is 3.15. The first-order valence-corrected chi connectivity index (χ1v) is 10.2. The van der Waals surface area contributed by atoms with Crippen molar-refractivity contribution in [3.05, 3.63) is 46.4 Å². The quantitative estimate of drug-likeness (QED) is 0.416. The van der Waals surface area contributed by atoms with Crippen LogP contribution in [0.4, 0.5) is 0 Å². The second-order valence-corrected chi connectivity index (χ2v) is 7.45. The highest BCUT2D eigenvalue weighted by molar-refractivity contribution is 7.09. The third-order valence-electron chi connectivity index (χ3n) is 4.37. The minimum absolute atomic E-state index is 0.231. The van der Waals surface area contributed by atoms with E-state index in [-0.39, 0.29) is 12.5 Å². The number of hydrogen-bond acceptors (Lipinski definition) is 9. The highest BCUT2D eigenvalue weighted by Gasteiger charge is 2.14. The molecule has 0 saturated heterocycles. The summed E-state index contributed by atoms with van der Waals surface area (Å²) in [6, 6.07) is 8.91. The number of amides is 1. The highest BCUT2D eigenvalue weighted by atomic mass is 32.1. The van der Waals surface area contributed by atoms with Crippen LogP contribution in [0.1, 0.15) is 15.5 Å². The van der Waals surface area contributed by atoms with Crippen molar-refractivity contribution in [3.63, 3.8) is 0 Å². The molecule has 160 valence electrons. The fraction of sp³-hybridized carbons (Fsp3) is 0.250. The molecule has 0 aliphatic heterocycles. The van der Waals surface area contributed by atoms with Crippen molar-refractivity contribution in [2.24, 2.45) is 0 Å². The lowest BCUT2D eigenvalue weighted by atomic mass is 10.2. The van der Waals surface area contributed by atoms with Crippen LogP contribution in [0.3, 0.4) is 0 Å². The number of rotatable bonds is 8. The molecule has 10 nitrogen and oxygen atoms in total. The van der Waals surface area contributed by atoms with Gasteiger partial charge in [0.05, 0.1) is 25.8 Å². The van der Waals surface area contributed by atoms with Gasteiger partial charge in [-0.2, -0.15) is 4.52 Å². The Morgan fingerprint density at radius 3 is 2.71 bits per heavy atom. The third kappa shape index (κ3) is 4.40. The van der Waals surface area contributed by atoms with Gasteiger partial charge in [-0.15, -0.1) is 26.6 Å². The van der Waals surface area contributed by atoms with Crippen molar-refractivity contribution in [3.8, 4) is 28.8 Å². The molecule has 4 rings (SSSR count). The fourth-order valence-corrected chi connectivity index (χ4v) is 3.48. The van der Waals surface area contributed by atoms with Gasteiger partial charge >= 0.3 is 0 Å². The molecule has 0 aliphatic carbocycles. The zero-order valence-corrected chi connectivity index (χ0v) is 18.0. The Labute approximate surface area is 181 Å². The van der Waals surface area contributed by atoms with E-state index in [9.17, 15) is 4.79 Å². The smallest absolute Gasteiger partial charge is 0.270 e. The second kappa shape index (κ2) is 8.96. The number of aryl methyl sites for hydroxylation is 1. The fourth-order valence-electron chi connectivity index (χ4n) is 2.88. The standard InChI is InChI=1S/C20H20N6O4S/c1-12-22-14(11-31-12)20(27)21-8-9-30-18-7-6-17-23-24-19(26(17)25-18)13-4-5-15(28-2)16(10-13)29-3/h4-7,10-11H,8-9H2,1-3H3,(H,21,27). The molecule has 0 bridgehead atoms. The van der Waals surface area contributed by atoms with E-state index in [0.29, 0.717) is 41.1 Å². The Morgan fingerprint density at radius 2 is 1.97 bits per heavy atom. The normalized spacial score (nSPS) is 10.8. The average Bonchev–Trinajstić information content (AvgIpc) is 3.42. The SMILES string of the molecule is COc1ccc(-c2nnc3ccc(OCCNC(=O)c4csc(C)n4)nn23)cc1OC. The predicted molar refractivity (Wildman–Crippen MR) is 114 cm³/mol. The van der Waals surface area contributed by atoms with E-state index >= 15 is 0 Å². The average molecular weight is 440 g/mol. The minimum Gasteiger partial charge on any atom is -0.493 e. The molecule has 1 aromatic carbocycles. The van der Waals surface area contributed by atoms with Crippen LogP contribution in [0.25, 0.3) is 17.0 Å².